The molecule has 21 heavy (non-hydrogen) atoms. The van der Waals surface area contributed by atoms with Gasteiger partial charge in [-0.25, -0.2) is 0 Å². The highest BCUT2D eigenvalue weighted by Gasteiger charge is 2.10. The number of nitrogens with one attached hydrogen (secondary N) is 1. The van der Waals surface area contributed by atoms with E-state index in [4.69, 9.17) is 4.42 Å². The van der Waals surface area contributed by atoms with Crippen molar-refractivity contribution in [1.82, 2.24) is 20.5 Å². The first-order valence-electron chi connectivity index (χ1n) is 7.14. The average molecular weight is 288 g/mol. The minimum absolute atomic E-state index is 0.0133. The number of hydrogen-bond acceptors (Lipinski definition) is 5. The zero-order valence-electron chi connectivity index (χ0n) is 12.4. The van der Waals surface area contributed by atoms with E-state index in [1.165, 1.54) is 0 Å². The number of pyridine rings is 1. The first kappa shape index (κ1) is 15.2. The third-order valence-corrected chi connectivity index (χ3v) is 3.00. The highest BCUT2D eigenvalue weighted by Crippen LogP contribution is 2.16. The molecule has 0 unspecified atom stereocenters. The standard InChI is InChI=1S/C15H20N4O2/c1-11(2)5-10-17-13(20)3-4-14-18-19-15(21-14)12-6-8-16-9-7-12/h6-9,11H,3-5,10H2,1-2H3,(H,17,20). The van der Waals surface area contributed by atoms with E-state index in [-0.39, 0.29) is 5.91 Å². The van der Waals surface area contributed by atoms with Crippen LogP contribution in [0.25, 0.3) is 11.5 Å². The number of rotatable bonds is 7. The fourth-order valence-electron chi connectivity index (χ4n) is 1.77. The lowest BCUT2D eigenvalue weighted by Crippen LogP contribution is -2.25. The van der Waals surface area contributed by atoms with Crippen molar-refractivity contribution in [2.75, 3.05) is 6.54 Å². The summed E-state index contributed by atoms with van der Waals surface area (Å²) in [7, 11) is 0. The normalized spacial score (nSPS) is 10.8. The molecule has 0 atom stereocenters. The molecule has 0 saturated heterocycles. The van der Waals surface area contributed by atoms with Gasteiger partial charge in [-0.1, -0.05) is 13.8 Å². The van der Waals surface area contributed by atoms with Crippen LogP contribution in [0.5, 0.6) is 0 Å². The maximum absolute atomic E-state index is 11.7. The van der Waals surface area contributed by atoms with E-state index in [1.54, 1.807) is 24.5 Å². The Morgan fingerprint density at radius 1 is 1.29 bits per heavy atom. The molecule has 1 amide bonds. The van der Waals surface area contributed by atoms with Crippen LogP contribution in [0.4, 0.5) is 0 Å². The van der Waals surface area contributed by atoms with Gasteiger partial charge in [-0.2, -0.15) is 0 Å². The summed E-state index contributed by atoms with van der Waals surface area (Å²) in [4.78, 5) is 15.6. The van der Waals surface area contributed by atoms with Crippen LogP contribution >= 0.6 is 0 Å². The molecular weight excluding hydrogens is 268 g/mol. The van der Waals surface area contributed by atoms with Crippen molar-refractivity contribution in [3.05, 3.63) is 30.4 Å². The predicted molar refractivity (Wildman–Crippen MR) is 78.3 cm³/mol. The van der Waals surface area contributed by atoms with Gasteiger partial charge in [0.25, 0.3) is 0 Å². The van der Waals surface area contributed by atoms with Gasteiger partial charge < -0.3 is 9.73 Å². The van der Waals surface area contributed by atoms with Crippen LogP contribution in [0.2, 0.25) is 0 Å². The highest BCUT2D eigenvalue weighted by molar-refractivity contribution is 5.75. The van der Waals surface area contributed by atoms with Gasteiger partial charge in [0.2, 0.25) is 17.7 Å². The van der Waals surface area contributed by atoms with Crippen molar-refractivity contribution in [1.29, 1.82) is 0 Å². The van der Waals surface area contributed by atoms with Crippen molar-refractivity contribution in [3.63, 3.8) is 0 Å². The molecule has 0 aliphatic rings. The van der Waals surface area contributed by atoms with Crippen LogP contribution in [-0.4, -0.2) is 27.6 Å². The number of carbonyl (C=O) groups is 1. The minimum atomic E-state index is 0.0133. The molecule has 0 bridgehead atoms. The number of hydrogen-bond donors (Lipinski definition) is 1. The van der Waals surface area contributed by atoms with Gasteiger partial charge in [-0.15, -0.1) is 10.2 Å². The van der Waals surface area contributed by atoms with E-state index in [2.05, 4.69) is 34.3 Å². The molecule has 0 aliphatic heterocycles. The molecule has 0 spiro atoms. The Bertz CT molecular complexity index is 566. The van der Waals surface area contributed by atoms with Crippen LogP contribution in [-0.2, 0) is 11.2 Å². The summed E-state index contributed by atoms with van der Waals surface area (Å²) in [5.41, 5.74) is 0.824. The lowest BCUT2D eigenvalue weighted by atomic mass is 10.1. The van der Waals surface area contributed by atoms with Crippen molar-refractivity contribution < 1.29 is 9.21 Å². The SMILES string of the molecule is CC(C)CCNC(=O)CCc1nnc(-c2ccncc2)o1. The maximum atomic E-state index is 11.7. The summed E-state index contributed by atoms with van der Waals surface area (Å²) in [6.45, 7) is 4.97. The smallest absolute Gasteiger partial charge is 0.247 e. The van der Waals surface area contributed by atoms with Crippen molar-refractivity contribution in [3.8, 4) is 11.5 Å². The Morgan fingerprint density at radius 3 is 2.76 bits per heavy atom. The number of nitrogens with zero attached hydrogens (tertiary/aromatic N) is 3. The molecule has 0 fully saturated rings. The van der Waals surface area contributed by atoms with Gasteiger partial charge in [0, 0.05) is 37.3 Å². The van der Waals surface area contributed by atoms with Gasteiger partial charge in [-0.3, -0.25) is 9.78 Å². The van der Waals surface area contributed by atoms with Gasteiger partial charge in [-0.05, 0) is 24.5 Å². The molecule has 112 valence electrons. The summed E-state index contributed by atoms with van der Waals surface area (Å²) in [5.74, 6) is 1.52. The zero-order chi connectivity index (χ0) is 15.1. The van der Waals surface area contributed by atoms with E-state index >= 15 is 0 Å². The lowest BCUT2D eigenvalue weighted by molar-refractivity contribution is -0.121. The van der Waals surface area contributed by atoms with E-state index in [1.807, 2.05) is 0 Å². The fraction of sp³-hybridized carbons (Fsp3) is 0.467. The largest absolute Gasteiger partial charge is 0.421 e. The second-order valence-corrected chi connectivity index (χ2v) is 5.27. The Morgan fingerprint density at radius 2 is 2.05 bits per heavy atom. The molecule has 6 nitrogen and oxygen atoms in total. The van der Waals surface area contributed by atoms with Crippen LogP contribution in [0.15, 0.2) is 28.9 Å². The van der Waals surface area contributed by atoms with E-state index in [0.717, 1.165) is 12.0 Å². The Balaban J connectivity index is 1.79. The topological polar surface area (TPSA) is 80.9 Å². The Labute approximate surface area is 124 Å². The fourth-order valence-corrected chi connectivity index (χ4v) is 1.77. The number of carbonyl (C=O) groups excluding carboxylic acids is 1. The quantitative estimate of drug-likeness (QED) is 0.845. The monoisotopic (exact) mass is 288 g/mol. The van der Waals surface area contributed by atoms with Gasteiger partial charge in [0.05, 0.1) is 0 Å². The van der Waals surface area contributed by atoms with Crippen LogP contribution in [0.3, 0.4) is 0 Å². The molecule has 2 heterocycles. The third-order valence-electron chi connectivity index (χ3n) is 3.00. The molecule has 0 radical (unpaired) electrons. The van der Waals surface area contributed by atoms with Gasteiger partial charge >= 0.3 is 0 Å². The number of aryl methyl sites for hydroxylation is 1. The molecule has 2 aromatic rings. The first-order valence-corrected chi connectivity index (χ1v) is 7.14. The van der Waals surface area contributed by atoms with Crippen molar-refractivity contribution in [2.45, 2.75) is 33.1 Å². The molecule has 0 aliphatic carbocycles. The van der Waals surface area contributed by atoms with Crippen LogP contribution < -0.4 is 5.32 Å². The van der Waals surface area contributed by atoms with E-state index in [0.29, 0.717) is 37.1 Å². The molecular formula is C15H20N4O2. The van der Waals surface area contributed by atoms with Crippen LogP contribution in [0, 0.1) is 5.92 Å². The second-order valence-electron chi connectivity index (χ2n) is 5.27. The number of amides is 1. The molecule has 0 aromatic carbocycles. The van der Waals surface area contributed by atoms with Crippen molar-refractivity contribution >= 4 is 5.91 Å². The van der Waals surface area contributed by atoms with Gasteiger partial charge in [0.1, 0.15) is 0 Å². The second kappa shape index (κ2) is 7.52. The summed E-state index contributed by atoms with van der Waals surface area (Å²) >= 11 is 0. The van der Waals surface area contributed by atoms with E-state index in [9.17, 15) is 4.79 Å². The summed E-state index contributed by atoms with van der Waals surface area (Å²) in [6.07, 6.45) is 5.13. The first-order chi connectivity index (χ1) is 10.1. The van der Waals surface area contributed by atoms with Gasteiger partial charge in [0.15, 0.2) is 0 Å². The molecule has 2 rings (SSSR count). The molecule has 1 N–H and O–H groups in total. The lowest BCUT2D eigenvalue weighted by Gasteiger charge is -2.06. The molecule has 6 heteroatoms. The predicted octanol–water partition coefficient (Wildman–Crippen LogP) is 2.23. The summed E-state index contributed by atoms with van der Waals surface area (Å²) in [6, 6.07) is 3.60. The molecule has 2 aromatic heterocycles. The zero-order valence-corrected chi connectivity index (χ0v) is 12.4. The third kappa shape index (κ3) is 4.98. The summed E-state index contributed by atoms with van der Waals surface area (Å²) < 4.78 is 5.53. The van der Waals surface area contributed by atoms with E-state index < -0.39 is 0 Å². The Kier molecular flexibility index (Phi) is 5.43. The minimum Gasteiger partial charge on any atom is -0.421 e. The summed E-state index contributed by atoms with van der Waals surface area (Å²) in [5, 5.41) is 10.8. The maximum Gasteiger partial charge on any atom is 0.247 e. The van der Waals surface area contributed by atoms with Crippen molar-refractivity contribution in [2.24, 2.45) is 5.92 Å². The molecule has 0 saturated carbocycles. The average Bonchev–Trinajstić information content (AvgIpc) is 2.94. The van der Waals surface area contributed by atoms with Crippen LogP contribution in [0.1, 0.15) is 32.6 Å². The highest BCUT2D eigenvalue weighted by atomic mass is 16.4. The Hall–Kier alpha value is -2.24. The number of aromatic nitrogens is 3.